The maximum atomic E-state index is 14.5. The number of carbonyl (C=O) groups is 2. The first-order valence-corrected chi connectivity index (χ1v) is 10.6. The smallest absolute Gasteiger partial charge is 0.461 e. The van der Waals surface area contributed by atoms with E-state index < -0.39 is 47.8 Å². The largest absolute Gasteiger partial charge is 0.494 e. The highest BCUT2D eigenvalue weighted by Gasteiger charge is 2.50. The van der Waals surface area contributed by atoms with Gasteiger partial charge in [0.15, 0.2) is 0 Å². The van der Waals surface area contributed by atoms with Crippen LogP contribution in [0.25, 0.3) is 0 Å². The molecule has 0 bridgehead atoms. The van der Waals surface area contributed by atoms with Gasteiger partial charge in [-0.05, 0) is 60.1 Å². The van der Waals surface area contributed by atoms with Gasteiger partial charge in [-0.25, -0.2) is 14.0 Å². The van der Waals surface area contributed by atoms with Gasteiger partial charge in [0.2, 0.25) is 0 Å². The van der Waals surface area contributed by atoms with Gasteiger partial charge >= 0.3 is 19.2 Å². The number of alkyl carbamates (subject to hydrolysis) is 1. The zero-order valence-electron chi connectivity index (χ0n) is 19.8. The maximum Gasteiger partial charge on any atom is 0.461 e. The molecule has 0 spiro atoms. The van der Waals surface area contributed by atoms with E-state index in [0.717, 1.165) is 0 Å². The van der Waals surface area contributed by atoms with Crippen molar-refractivity contribution >= 4 is 19.2 Å². The average Bonchev–Trinajstić information content (AvgIpc) is 2.81. The number of hydrogen-bond donors (Lipinski definition) is 2. The van der Waals surface area contributed by atoms with Crippen LogP contribution in [0, 0.1) is 5.82 Å². The van der Waals surface area contributed by atoms with Gasteiger partial charge in [0, 0.05) is 18.8 Å². The van der Waals surface area contributed by atoms with Crippen molar-refractivity contribution in [2.24, 2.45) is 0 Å². The molecule has 2 N–H and O–H groups in total. The van der Waals surface area contributed by atoms with E-state index in [4.69, 9.17) is 18.8 Å². The summed E-state index contributed by atoms with van der Waals surface area (Å²) >= 11 is 0. The molecule has 1 aromatic carbocycles. The monoisotopic (exact) mass is 453 g/mol. The van der Waals surface area contributed by atoms with Gasteiger partial charge in [-0.2, -0.15) is 0 Å². The number of amides is 1. The fraction of sp³-hybridized carbons (Fsp3) is 0.636. The number of carbonyl (C=O) groups excluding carboxylic acids is 1. The van der Waals surface area contributed by atoms with E-state index in [9.17, 15) is 19.1 Å². The predicted octanol–water partition coefficient (Wildman–Crippen LogP) is 3.82. The lowest BCUT2D eigenvalue weighted by Crippen LogP contribution is -2.44. The van der Waals surface area contributed by atoms with E-state index in [-0.39, 0.29) is 18.6 Å². The molecule has 1 saturated heterocycles. The van der Waals surface area contributed by atoms with E-state index in [0.29, 0.717) is 12.1 Å². The van der Waals surface area contributed by atoms with Crippen molar-refractivity contribution in [1.82, 2.24) is 5.32 Å². The minimum Gasteiger partial charge on any atom is -0.494 e. The summed E-state index contributed by atoms with van der Waals surface area (Å²) in [5, 5.41) is 11.6. The van der Waals surface area contributed by atoms with Crippen LogP contribution in [0.5, 0.6) is 5.75 Å². The van der Waals surface area contributed by atoms with Crippen molar-refractivity contribution in [2.75, 3.05) is 6.61 Å². The van der Waals surface area contributed by atoms with E-state index >= 15 is 0 Å². The van der Waals surface area contributed by atoms with Crippen molar-refractivity contribution in [3.05, 3.63) is 29.6 Å². The second-order valence-electron chi connectivity index (χ2n) is 9.82. The summed E-state index contributed by atoms with van der Waals surface area (Å²) in [7, 11) is -0.417. The molecule has 2 rings (SSSR count). The first-order valence-electron chi connectivity index (χ1n) is 10.6. The lowest BCUT2D eigenvalue weighted by molar-refractivity contribution is -0.139. The highest BCUT2D eigenvalue weighted by Crippen LogP contribution is 2.37. The number of carboxylic acids is 1. The second kappa shape index (κ2) is 9.66. The Balaban J connectivity index is 1.92. The van der Waals surface area contributed by atoms with Crippen LogP contribution < -0.4 is 10.1 Å². The SMILES string of the molecule is CC(C)(C)OC(=O)NC(Cc1ccc(OCCB2OC(C)(C)C(C)(C)O2)cc1F)C(=O)O. The van der Waals surface area contributed by atoms with Gasteiger partial charge in [0.25, 0.3) is 0 Å². The molecule has 1 fully saturated rings. The number of aliphatic carboxylic acids is 1. The lowest BCUT2D eigenvalue weighted by atomic mass is 9.86. The quantitative estimate of drug-likeness (QED) is 0.577. The molecular formula is C22H33BFNO7. The van der Waals surface area contributed by atoms with Crippen LogP contribution >= 0.6 is 0 Å². The first-order chi connectivity index (χ1) is 14.6. The van der Waals surface area contributed by atoms with Gasteiger partial charge in [0.1, 0.15) is 23.2 Å². The number of benzene rings is 1. The predicted molar refractivity (Wildman–Crippen MR) is 117 cm³/mol. The highest BCUT2D eigenvalue weighted by molar-refractivity contribution is 6.45. The van der Waals surface area contributed by atoms with Gasteiger partial charge in [-0.3, -0.25) is 0 Å². The second-order valence-corrected chi connectivity index (χ2v) is 9.82. The molecule has 32 heavy (non-hydrogen) atoms. The molecule has 1 amide bonds. The van der Waals surface area contributed by atoms with Gasteiger partial charge < -0.3 is 29.2 Å². The third-order valence-electron chi connectivity index (χ3n) is 5.36. The van der Waals surface area contributed by atoms with Gasteiger partial charge in [-0.15, -0.1) is 0 Å². The normalized spacial score (nSPS) is 18.2. The molecule has 1 heterocycles. The Morgan fingerprint density at radius 2 is 1.78 bits per heavy atom. The van der Waals surface area contributed by atoms with Crippen molar-refractivity contribution in [2.45, 2.75) is 84.1 Å². The van der Waals surface area contributed by atoms with Crippen molar-refractivity contribution in [1.29, 1.82) is 0 Å². The van der Waals surface area contributed by atoms with Crippen LogP contribution in [0.4, 0.5) is 9.18 Å². The summed E-state index contributed by atoms with van der Waals surface area (Å²) in [5.74, 6) is -1.62. The summed E-state index contributed by atoms with van der Waals surface area (Å²) < 4.78 is 37.0. The molecular weight excluding hydrogens is 420 g/mol. The van der Waals surface area contributed by atoms with Crippen LogP contribution in [-0.2, 0) is 25.3 Å². The summed E-state index contributed by atoms with van der Waals surface area (Å²) in [5.41, 5.74) is -1.51. The van der Waals surface area contributed by atoms with Crippen molar-refractivity contribution < 1.29 is 37.9 Å². The number of rotatable bonds is 8. The number of hydrogen-bond acceptors (Lipinski definition) is 6. The molecule has 1 atom stereocenters. The van der Waals surface area contributed by atoms with E-state index in [1.54, 1.807) is 26.8 Å². The molecule has 10 heteroatoms. The molecule has 0 radical (unpaired) electrons. The van der Waals surface area contributed by atoms with Crippen molar-refractivity contribution in [3.8, 4) is 5.75 Å². The summed E-state index contributed by atoms with van der Waals surface area (Å²) in [4.78, 5) is 23.4. The third kappa shape index (κ3) is 7.10. The first kappa shape index (κ1) is 25.9. The van der Waals surface area contributed by atoms with Crippen LogP contribution in [0.15, 0.2) is 18.2 Å². The van der Waals surface area contributed by atoms with Crippen LogP contribution in [0.3, 0.4) is 0 Å². The standard InChI is InChI=1S/C22H33BFNO7/c1-20(2,3)30-19(28)25-17(18(26)27)12-14-8-9-15(13-16(14)24)29-11-10-23-31-21(4,5)22(6,7)32-23/h8-9,13,17H,10-12H2,1-7H3,(H,25,28)(H,26,27). The molecule has 8 nitrogen and oxygen atoms in total. The van der Waals surface area contributed by atoms with Crippen molar-refractivity contribution in [3.63, 3.8) is 0 Å². The zero-order chi connectivity index (χ0) is 24.3. The Morgan fingerprint density at radius 3 is 2.28 bits per heavy atom. The topological polar surface area (TPSA) is 103 Å². The molecule has 0 aromatic heterocycles. The molecule has 1 aromatic rings. The molecule has 0 aliphatic carbocycles. The number of carboxylic acid groups (broad SMARTS) is 1. The Kier molecular flexibility index (Phi) is 7.83. The summed E-state index contributed by atoms with van der Waals surface area (Å²) in [6.07, 6.45) is -0.654. The highest BCUT2D eigenvalue weighted by atomic mass is 19.1. The summed E-state index contributed by atoms with van der Waals surface area (Å²) in [6, 6.07) is 2.84. The lowest BCUT2D eigenvalue weighted by Gasteiger charge is -2.32. The van der Waals surface area contributed by atoms with Gasteiger partial charge in [-0.1, -0.05) is 6.07 Å². The Labute approximate surface area is 188 Å². The Bertz CT molecular complexity index is 822. The minimum absolute atomic E-state index is 0.131. The Morgan fingerprint density at radius 1 is 1.19 bits per heavy atom. The molecule has 0 saturated carbocycles. The van der Waals surface area contributed by atoms with Crippen LogP contribution in [-0.4, -0.2) is 53.7 Å². The summed E-state index contributed by atoms with van der Waals surface area (Å²) in [6.45, 7) is 13.1. The minimum atomic E-state index is -1.34. The van der Waals surface area contributed by atoms with Crippen LogP contribution in [0.1, 0.15) is 54.0 Å². The van der Waals surface area contributed by atoms with E-state index in [2.05, 4.69) is 5.32 Å². The molecule has 178 valence electrons. The van der Waals surface area contributed by atoms with Gasteiger partial charge in [0.05, 0.1) is 17.8 Å². The maximum absolute atomic E-state index is 14.5. The molecule has 1 aliphatic heterocycles. The Hall–Kier alpha value is -2.33. The fourth-order valence-electron chi connectivity index (χ4n) is 3.01. The zero-order valence-corrected chi connectivity index (χ0v) is 19.8. The number of halogens is 1. The van der Waals surface area contributed by atoms with E-state index in [1.165, 1.54) is 12.1 Å². The molecule has 1 unspecified atom stereocenters. The van der Waals surface area contributed by atoms with E-state index in [1.807, 2.05) is 27.7 Å². The number of ether oxygens (including phenoxy) is 2. The third-order valence-corrected chi connectivity index (χ3v) is 5.36. The van der Waals surface area contributed by atoms with Crippen LogP contribution in [0.2, 0.25) is 6.32 Å². The number of nitrogens with one attached hydrogen (secondary N) is 1. The molecule has 1 aliphatic rings. The fourth-order valence-corrected chi connectivity index (χ4v) is 3.01. The average molecular weight is 453 g/mol.